The van der Waals surface area contributed by atoms with E-state index in [2.05, 4.69) is 9.88 Å². The summed E-state index contributed by atoms with van der Waals surface area (Å²) in [5.41, 5.74) is 0.862. The summed E-state index contributed by atoms with van der Waals surface area (Å²) in [5.74, 6) is -0.0985. The molecule has 10 heteroatoms. The Labute approximate surface area is 148 Å². The molecule has 1 N–H and O–H groups in total. The Bertz CT molecular complexity index is 900. The molecule has 25 heavy (non-hydrogen) atoms. The van der Waals surface area contributed by atoms with Crippen molar-refractivity contribution in [1.82, 2.24) is 14.8 Å². The lowest BCUT2D eigenvalue weighted by Crippen LogP contribution is -2.37. The lowest BCUT2D eigenvalue weighted by atomic mass is 10.1. The van der Waals surface area contributed by atoms with Gasteiger partial charge >= 0.3 is 0 Å². The van der Waals surface area contributed by atoms with Gasteiger partial charge in [0, 0.05) is 31.5 Å². The highest BCUT2D eigenvalue weighted by Gasteiger charge is 2.24. The summed E-state index contributed by atoms with van der Waals surface area (Å²) < 4.78 is 44.8. The van der Waals surface area contributed by atoms with Crippen LogP contribution in [0, 0.1) is 5.82 Å². The lowest BCUT2D eigenvalue weighted by molar-refractivity contribution is -0.132. The minimum atomic E-state index is -3.86. The highest BCUT2D eigenvalue weighted by Crippen LogP contribution is 2.20. The molecule has 2 aromatic rings. The first-order valence-electron chi connectivity index (χ1n) is 7.52. The van der Waals surface area contributed by atoms with Gasteiger partial charge in [-0.15, -0.1) is 0 Å². The summed E-state index contributed by atoms with van der Waals surface area (Å²) in [6.07, 6.45) is 2.17. The van der Waals surface area contributed by atoms with Gasteiger partial charge in [-0.2, -0.15) is 0 Å². The van der Waals surface area contributed by atoms with Crippen molar-refractivity contribution in [3.8, 4) is 0 Å². The Balaban J connectivity index is 1.55. The predicted molar refractivity (Wildman–Crippen MR) is 86.8 cm³/mol. The van der Waals surface area contributed by atoms with Crippen LogP contribution in [0.4, 0.5) is 4.39 Å². The largest absolute Gasteiger partial charge is 0.361 e. The van der Waals surface area contributed by atoms with E-state index >= 15 is 0 Å². The minimum Gasteiger partial charge on any atom is -0.361 e. The lowest BCUT2D eigenvalue weighted by Gasteiger charge is -2.25. The van der Waals surface area contributed by atoms with Crippen molar-refractivity contribution in [2.75, 3.05) is 13.1 Å². The second-order valence-electron chi connectivity index (χ2n) is 5.56. The number of hydrogen-bond donors (Lipinski definition) is 1. The molecule has 0 atom stereocenters. The Kier molecular flexibility index (Phi) is 5.07. The zero-order chi connectivity index (χ0) is 18.0. The molecule has 7 nitrogen and oxygen atoms in total. The van der Waals surface area contributed by atoms with E-state index in [1.165, 1.54) is 0 Å². The van der Waals surface area contributed by atoms with Crippen molar-refractivity contribution in [3.63, 3.8) is 0 Å². The molecular weight excluding hydrogens is 373 g/mol. The van der Waals surface area contributed by atoms with Crippen LogP contribution in [0.15, 0.2) is 33.8 Å². The molecule has 0 spiro atoms. The second kappa shape index (κ2) is 7.11. The molecule has 0 fully saturated rings. The van der Waals surface area contributed by atoms with E-state index in [4.69, 9.17) is 16.1 Å². The van der Waals surface area contributed by atoms with Crippen molar-refractivity contribution in [2.24, 2.45) is 0 Å². The molecule has 1 aliphatic rings. The van der Waals surface area contributed by atoms with Crippen LogP contribution in [0.5, 0.6) is 0 Å². The maximum absolute atomic E-state index is 13.1. The summed E-state index contributed by atoms with van der Waals surface area (Å²) in [6, 6.07) is 3.12. The number of benzene rings is 1. The van der Waals surface area contributed by atoms with E-state index < -0.39 is 15.8 Å². The molecule has 134 valence electrons. The molecule has 0 saturated carbocycles. The van der Waals surface area contributed by atoms with Gasteiger partial charge in [-0.05, 0) is 18.2 Å². The third kappa shape index (κ3) is 4.00. The van der Waals surface area contributed by atoms with Gasteiger partial charge < -0.3 is 9.42 Å². The van der Waals surface area contributed by atoms with Gasteiger partial charge in [-0.25, -0.2) is 17.5 Å². The fourth-order valence-corrected chi connectivity index (χ4v) is 3.83. The van der Waals surface area contributed by atoms with E-state index in [9.17, 15) is 17.6 Å². The molecule has 1 amide bonds. The van der Waals surface area contributed by atoms with Crippen LogP contribution in [0.3, 0.4) is 0 Å². The average molecular weight is 388 g/mol. The number of nitrogens with zero attached hydrogens (tertiary/aromatic N) is 2. The van der Waals surface area contributed by atoms with Crippen LogP contribution in [0.1, 0.15) is 17.7 Å². The Hall–Kier alpha value is -1.97. The molecule has 0 radical (unpaired) electrons. The molecule has 1 aliphatic heterocycles. The fourth-order valence-electron chi connectivity index (χ4n) is 2.53. The molecule has 3 rings (SSSR count). The maximum Gasteiger partial charge on any atom is 0.240 e. The molecular formula is C15H15ClFN3O4S. The number of sulfonamides is 1. The number of fused-ring (bicyclic) bond motifs is 1. The smallest absolute Gasteiger partial charge is 0.240 e. The number of amides is 1. The van der Waals surface area contributed by atoms with Crippen molar-refractivity contribution >= 4 is 27.5 Å². The zero-order valence-corrected chi connectivity index (χ0v) is 14.6. The number of hydrogen-bond acceptors (Lipinski definition) is 5. The van der Waals surface area contributed by atoms with E-state index in [1.807, 2.05) is 0 Å². The van der Waals surface area contributed by atoms with Crippen molar-refractivity contribution in [3.05, 3.63) is 46.6 Å². The van der Waals surface area contributed by atoms with Gasteiger partial charge in [0.15, 0.2) is 0 Å². The minimum absolute atomic E-state index is 0.00870. The summed E-state index contributed by atoms with van der Waals surface area (Å²) in [5, 5.41) is 3.42. The van der Waals surface area contributed by atoms with Crippen molar-refractivity contribution in [1.29, 1.82) is 0 Å². The molecule has 2 heterocycles. The van der Waals surface area contributed by atoms with Crippen LogP contribution in [0.2, 0.25) is 5.02 Å². The van der Waals surface area contributed by atoms with Gasteiger partial charge in [0.1, 0.15) is 11.6 Å². The third-order valence-corrected chi connectivity index (χ3v) is 5.63. The van der Waals surface area contributed by atoms with Crippen LogP contribution in [0.25, 0.3) is 0 Å². The quantitative estimate of drug-likeness (QED) is 0.843. The summed E-state index contributed by atoms with van der Waals surface area (Å²) >= 11 is 5.60. The maximum atomic E-state index is 13.1. The first-order chi connectivity index (χ1) is 11.9. The van der Waals surface area contributed by atoms with Gasteiger partial charge in [-0.1, -0.05) is 16.8 Å². The molecule has 0 saturated heterocycles. The van der Waals surface area contributed by atoms with Crippen LogP contribution in [-0.4, -0.2) is 37.5 Å². The normalized spacial score (nSPS) is 14.4. The summed E-state index contributed by atoms with van der Waals surface area (Å²) in [6.45, 7) is 0.836. The van der Waals surface area contributed by atoms with Crippen LogP contribution >= 0.6 is 11.6 Å². The van der Waals surface area contributed by atoms with E-state index in [-0.39, 0.29) is 28.8 Å². The number of nitrogens with one attached hydrogen (secondary N) is 1. The number of halogens is 2. The van der Waals surface area contributed by atoms with Gasteiger partial charge in [-0.3, -0.25) is 4.79 Å². The number of carbonyl (C=O) groups is 1. The number of aromatic nitrogens is 1. The molecule has 1 aromatic carbocycles. The van der Waals surface area contributed by atoms with Crippen LogP contribution in [-0.2, 0) is 27.8 Å². The highest BCUT2D eigenvalue weighted by atomic mass is 35.5. The topological polar surface area (TPSA) is 92.5 Å². The molecule has 0 aliphatic carbocycles. The zero-order valence-electron chi connectivity index (χ0n) is 13.0. The Morgan fingerprint density at radius 2 is 2.24 bits per heavy atom. The number of rotatable bonds is 5. The van der Waals surface area contributed by atoms with Crippen LogP contribution < -0.4 is 4.72 Å². The van der Waals surface area contributed by atoms with Gasteiger partial charge in [0.25, 0.3) is 0 Å². The highest BCUT2D eigenvalue weighted by molar-refractivity contribution is 7.89. The first-order valence-corrected chi connectivity index (χ1v) is 9.38. The van der Waals surface area contributed by atoms with Gasteiger partial charge in [0.05, 0.1) is 22.7 Å². The SMILES string of the molecule is O=C(CCNS(=O)(=O)c1ccc(F)c(Cl)c1)N1CCc2oncc2C1. The monoisotopic (exact) mass is 387 g/mol. The molecule has 0 bridgehead atoms. The van der Waals surface area contributed by atoms with Crippen molar-refractivity contribution in [2.45, 2.75) is 24.3 Å². The Morgan fingerprint density at radius 3 is 3.00 bits per heavy atom. The standard InChI is InChI=1S/C15H15ClFN3O4S/c16-12-7-11(1-2-13(12)17)25(22,23)19-5-3-15(21)20-6-4-14-10(9-20)8-18-24-14/h1-2,7-8,19H,3-6,9H2. The molecule has 0 unspecified atom stereocenters. The third-order valence-electron chi connectivity index (χ3n) is 3.88. The van der Waals surface area contributed by atoms with E-state index in [0.29, 0.717) is 19.5 Å². The molecule has 1 aromatic heterocycles. The van der Waals surface area contributed by atoms with E-state index in [1.54, 1.807) is 11.1 Å². The van der Waals surface area contributed by atoms with E-state index in [0.717, 1.165) is 29.5 Å². The first kappa shape index (κ1) is 17.8. The summed E-state index contributed by atoms with van der Waals surface area (Å²) in [4.78, 5) is 13.7. The number of carbonyl (C=O) groups excluding carboxylic acids is 1. The summed E-state index contributed by atoms with van der Waals surface area (Å²) in [7, 11) is -3.86. The fraction of sp³-hybridized carbons (Fsp3) is 0.333. The second-order valence-corrected chi connectivity index (χ2v) is 7.74. The average Bonchev–Trinajstić information content (AvgIpc) is 3.04. The predicted octanol–water partition coefficient (Wildman–Crippen LogP) is 1.72. The Morgan fingerprint density at radius 1 is 1.44 bits per heavy atom. The van der Waals surface area contributed by atoms with Gasteiger partial charge in [0.2, 0.25) is 15.9 Å². The van der Waals surface area contributed by atoms with Crippen molar-refractivity contribution < 1.29 is 22.1 Å².